The lowest BCUT2D eigenvalue weighted by atomic mass is 9.71. The van der Waals surface area contributed by atoms with Crippen LogP contribution in [0.3, 0.4) is 0 Å². The summed E-state index contributed by atoms with van der Waals surface area (Å²) in [7, 11) is 0. The van der Waals surface area contributed by atoms with Gasteiger partial charge in [-0.25, -0.2) is 9.97 Å². The van der Waals surface area contributed by atoms with Crippen molar-refractivity contribution in [1.29, 1.82) is 0 Å². The zero-order valence-electron chi connectivity index (χ0n) is 12.1. The van der Waals surface area contributed by atoms with Crippen LogP contribution in [0.4, 0.5) is 11.5 Å². The number of rotatable bonds is 4. The van der Waals surface area contributed by atoms with Crippen molar-refractivity contribution in [2.45, 2.75) is 45.1 Å². The highest BCUT2D eigenvalue weighted by atomic mass is 35.5. The number of nitro groups is 1. The van der Waals surface area contributed by atoms with Crippen molar-refractivity contribution in [3.05, 3.63) is 21.6 Å². The van der Waals surface area contributed by atoms with Gasteiger partial charge in [-0.15, -0.1) is 0 Å². The molecular weight excluding hydrogens is 296 g/mol. The SMILES string of the molecule is CC1(C)CCC(O)(CNc2ncnc(Cl)c2[N+](=O)[O-])CC1. The smallest absolute Gasteiger partial charge is 0.348 e. The molecule has 0 unspecified atom stereocenters. The summed E-state index contributed by atoms with van der Waals surface area (Å²) in [6.45, 7) is 4.56. The lowest BCUT2D eigenvalue weighted by Crippen LogP contribution is -2.42. The third-order valence-corrected chi connectivity index (χ3v) is 4.36. The van der Waals surface area contributed by atoms with E-state index in [0.717, 1.165) is 19.2 Å². The Morgan fingerprint density at radius 2 is 2.00 bits per heavy atom. The highest BCUT2D eigenvalue weighted by Gasteiger charge is 2.37. The summed E-state index contributed by atoms with van der Waals surface area (Å²) in [5, 5.41) is 24.2. The van der Waals surface area contributed by atoms with E-state index in [2.05, 4.69) is 29.1 Å². The van der Waals surface area contributed by atoms with E-state index in [1.165, 1.54) is 0 Å². The van der Waals surface area contributed by atoms with Gasteiger partial charge in [0.15, 0.2) is 0 Å². The number of hydrogen-bond donors (Lipinski definition) is 2. The summed E-state index contributed by atoms with van der Waals surface area (Å²) >= 11 is 5.72. The summed E-state index contributed by atoms with van der Waals surface area (Å²) in [4.78, 5) is 17.8. The van der Waals surface area contributed by atoms with Gasteiger partial charge in [-0.3, -0.25) is 10.1 Å². The van der Waals surface area contributed by atoms with E-state index in [9.17, 15) is 15.2 Å². The van der Waals surface area contributed by atoms with Gasteiger partial charge in [-0.2, -0.15) is 0 Å². The lowest BCUT2D eigenvalue weighted by molar-refractivity contribution is -0.384. The normalized spacial score (nSPS) is 20.0. The number of anilines is 1. The largest absolute Gasteiger partial charge is 0.388 e. The van der Waals surface area contributed by atoms with Crippen LogP contribution in [0.2, 0.25) is 5.15 Å². The van der Waals surface area contributed by atoms with Crippen LogP contribution in [0, 0.1) is 15.5 Å². The molecule has 0 aliphatic heterocycles. The minimum Gasteiger partial charge on any atom is -0.388 e. The van der Waals surface area contributed by atoms with Crippen molar-refractivity contribution in [3.8, 4) is 0 Å². The van der Waals surface area contributed by atoms with Crippen LogP contribution in [0.25, 0.3) is 0 Å². The summed E-state index contributed by atoms with van der Waals surface area (Å²) < 4.78 is 0. The maximum Gasteiger partial charge on any atom is 0.348 e. The summed E-state index contributed by atoms with van der Waals surface area (Å²) in [6, 6.07) is 0. The van der Waals surface area contributed by atoms with E-state index in [1.807, 2.05) is 0 Å². The quantitative estimate of drug-likeness (QED) is 0.503. The fourth-order valence-electron chi connectivity index (χ4n) is 2.47. The second-order valence-corrected chi connectivity index (χ2v) is 6.72. The number of aromatic nitrogens is 2. The highest BCUT2D eigenvalue weighted by Crippen LogP contribution is 2.40. The van der Waals surface area contributed by atoms with Crippen LogP contribution < -0.4 is 5.32 Å². The fourth-order valence-corrected chi connectivity index (χ4v) is 2.67. The van der Waals surface area contributed by atoms with Gasteiger partial charge < -0.3 is 10.4 Å². The molecule has 21 heavy (non-hydrogen) atoms. The molecule has 0 bridgehead atoms. The van der Waals surface area contributed by atoms with E-state index < -0.39 is 10.5 Å². The third-order valence-electron chi connectivity index (χ3n) is 4.08. The molecule has 0 spiro atoms. The van der Waals surface area contributed by atoms with Crippen LogP contribution in [-0.4, -0.2) is 32.1 Å². The predicted octanol–water partition coefficient (Wildman–Crippen LogP) is 2.78. The van der Waals surface area contributed by atoms with Gasteiger partial charge in [0.2, 0.25) is 11.0 Å². The molecule has 1 saturated carbocycles. The molecule has 0 radical (unpaired) electrons. The van der Waals surface area contributed by atoms with Crippen LogP contribution >= 0.6 is 11.6 Å². The zero-order chi connectivity index (χ0) is 15.7. The molecule has 1 aromatic rings. The van der Waals surface area contributed by atoms with E-state index >= 15 is 0 Å². The molecule has 7 nitrogen and oxygen atoms in total. The standard InChI is InChI=1S/C13H19ClN4O3/c1-12(2)3-5-13(19,6-4-12)7-15-11-9(18(20)21)10(14)16-8-17-11/h8,19H,3-7H2,1-2H3,(H,15,16,17). The fraction of sp³-hybridized carbons (Fsp3) is 0.692. The molecule has 0 atom stereocenters. The molecule has 1 aromatic heterocycles. The Morgan fingerprint density at radius 1 is 1.38 bits per heavy atom. The van der Waals surface area contributed by atoms with Crippen LogP contribution in [0.5, 0.6) is 0 Å². The molecule has 0 saturated heterocycles. The van der Waals surface area contributed by atoms with E-state index in [1.54, 1.807) is 0 Å². The van der Waals surface area contributed by atoms with Gasteiger partial charge in [0, 0.05) is 6.54 Å². The van der Waals surface area contributed by atoms with Gasteiger partial charge in [0.25, 0.3) is 0 Å². The number of hydrogen-bond acceptors (Lipinski definition) is 6. The van der Waals surface area contributed by atoms with Gasteiger partial charge in [0.1, 0.15) is 6.33 Å². The van der Waals surface area contributed by atoms with Crippen molar-refractivity contribution in [2.24, 2.45) is 5.41 Å². The van der Waals surface area contributed by atoms with Gasteiger partial charge in [0.05, 0.1) is 10.5 Å². The van der Waals surface area contributed by atoms with Crippen molar-refractivity contribution in [2.75, 3.05) is 11.9 Å². The first-order valence-corrected chi connectivity index (χ1v) is 7.21. The van der Waals surface area contributed by atoms with Crippen LogP contribution in [-0.2, 0) is 0 Å². The number of aliphatic hydroxyl groups is 1. The third kappa shape index (κ3) is 3.79. The molecule has 1 fully saturated rings. The highest BCUT2D eigenvalue weighted by molar-refractivity contribution is 6.31. The number of nitrogens with one attached hydrogen (secondary N) is 1. The first-order valence-electron chi connectivity index (χ1n) is 6.84. The molecule has 2 N–H and O–H groups in total. The monoisotopic (exact) mass is 314 g/mol. The molecule has 0 amide bonds. The summed E-state index contributed by atoms with van der Waals surface area (Å²) in [6.07, 6.45) is 4.29. The number of nitrogens with zero attached hydrogens (tertiary/aromatic N) is 3. The zero-order valence-corrected chi connectivity index (χ0v) is 12.9. The second kappa shape index (κ2) is 5.73. The molecule has 116 valence electrons. The molecule has 0 aromatic carbocycles. The Kier molecular flexibility index (Phi) is 4.34. The lowest BCUT2D eigenvalue weighted by Gasteiger charge is -2.40. The Bertz CT molecular complexity index is 540. The molecule has 8 heteroatoms. The Hall–Kier alpha value is -1.47. The maximum atomic E-state index is 11.0. The molecular formula is C13H19ClN4O3. The van der Waals surface area contributed by atoms with Gasteiger partial charge >= 0.3 is 5.69 Å². The average molecular weight is 315 g/mol. The van der Waals surface area contributed by atoms with E-state index in [0.29, 0.717) is 12.8 Å². The maximum absolute atomic E-state index is 11.0. The van der Waals surface area contributed by atoms with E-state index in [-0.39, 0.29) is 28.6 Å². The number of halogens is 1. The molecule has 1 aliphatic carbocycles. The van der Waals surface area contributed by atoms with E-state index in [4.69, 9.17) is 11.6 Å². The Labute approximate surface area is 127 Å². The van der Waals surface area contributed by atoms with Crippen molar-refractivity contribution in [3.63, 3.8) is 0 Å². The Balaban J connectivity index is 2.07. The molecule has 1 heterocycles. The van der Waals surface area contributed by atoms with Crippen molar-refractivity contribution >= 4 is 23.1 Å². The minimum atomic E-state index is -0.874. The first-order chi connectivity index (χ1) is 9.72. The second-order valence-electron chi connectivity index (χ2n) is 6.36. The summed E-state index contributed by atoms with van der Waals surface area (Å²) in [5.41, 5.74) is -1.00. The topological polar surface area (TPSA) is 101 Å². The van der Waals surface area contributed by atoms with Gasteiger partial charge in [-0.1, -0.05) is 25.4 Å². The molecule has 1 aliphatic rings. The first kappa shape index (κ1) is 15.9. The Morgan fingerprint density at radius 3 is 2.57 bits per heavy atom. The van der Waals surface area contributed by atoms with Crippen LogP contribution in [0.1, 0.15) is 39.5 Å². The predicted molar refractivity (Wildman–Crippen MR) is 79.4 cm³/mol. The minimum absolute atomic E-state index is 0.0401. The molecule has 2 rings (SSSR count). The van der Waals surface area contributed by atoms with Gasteiger partial charge in [-0.05, 0) is 31.1 Å². The van der Waals surface area contributed by atoms with Crippen molar-refractivity contribution < 1.29 is 10.0 Å². The summed E-state index contributed by atoms with van der Waals surface area (Å²) in [5.74, 6) is 0.0401. The van der Waals surface area contributed by atoms with Crippen LogP contribution in [0.15, 0.2) is 6.33 Å². The average Bonchev–Trinajstić information content (AvgIpc) is 2.40. The van der Waals surface area contributed by atoms with Crippen molar-refractivity contribution in [1.82, 2.24) is 9.97 Å².